The van der Waals surface area contributed by atoms with Crippen LogP contribution in [0.15, 0.2) is 23.3 Å². The maximum absolute atomic E-state index is 9.94. The van der Waals surface area contributed by atoms with Gasteiger partial charge in [0.05, 0.1) is 13.3 Å². The van der Waals surface area contributed by atoms with Crippen LogP contribution in [-0.2, 0) is 0 Å². The molecule has 0 bridgehead atoms. The molecular formula is C14H20N2O2. The molecule has 0 amide bonds. The Morgan fingerprint density at radius 3 is 2.61 bits per heavy atom. The van der Waals surface area contributed by atoms with E-state index in [9.17, 15) is 5.11 Å². The van der Waals surface area contributed by atoms with Gasteiger partial charge in [-0.05, 0) is 25.0 Å². The van der Waals surface area contributed by atoms with E-state index in [0.29, 0.717) is 11.3 Å². The third kappa shape index (κ3) is 3.15. The molecule has 0 atom stereocenters. The molecule has 0 unspecified atom stereocenters. The predicted octanol–water partition coefficient (Wildman–Crippen LogP) is 2.61. The monoisotopic (exact) mass is 248 g/mol. The van der Waals surface area contributed by atoms with Gasteiger partial charge in [-0.25, -0.2) is 0 Å². The zero-order valence-corrected chi connectivity index (χ0v) is 10.8. The Morgan fingerprint density at radius 2 is 1.94 bits per heavy atom. The first-order chi connectivity index (χ1) is 8.81. The molecule has 1 heterocycles. The topological polar surface area (TPSA) is 45.1 Å². The molecule has 4 heteroatoms. The molecule has 1 aliphatic rings. The van der Waals surface area contributed by atoms with E-state index in [0.717, 1.165) is 13.1 Å². The van der Waals surface area contributed by atoms with E-state index in [4.69, 9.17) is 4.74 Å². The van der Waals surface area contributed by atoms with Crippen LogP contribution in [0.4, 0.5) is 0 Å². The van der Waals surface area contributed by atoms with Crippen molar-refractivity contribution in [1.82, 2.24) is 5.01 Å². The van der Waals surface area contributed by atoms with Gasteiger partial charge in [0.2, 0.25) is 0 Å². The first kappa shape index (κ1) is 12.7. The highest BCUT2D eigenvalue weighted by Gasteiger charge is 2.07. The van der Waals surface area contributed by atoms with Gasteiger partial charge in [0.1, 0.15) is 0 Å². The van der Waals surface area contributed by atoms with Crippen molar-refractivity contribution in [3.63, 3.8) is 0 Å². The van der Waals surface area contributed by atoms with Gasteiger partial charge in [0, 0.05) is 18.7 Å². The number of methoxy groups -OCH3 is 1. The molecule has 2 rings (SSSR count). The number of phenols is 1. The van der Waals surface area contributed by atoms with Gasteiger partial charge in [-0.1, -0.05) is 18.9 Å². The normalized spacial score (nSPS) is 16.8. The molecule has 0 aromatic heterocycles. The summed E-state index contributed by atoms with van der Waals surface area (Å²) in [5.41, 5.74) is 0.693. The fraction of sp³-hybridized carbons (Fsp3) is 0.500. The third-order valence-corrected chi connectivity index (χ3v) is 3.19. The van der Waals surface area contributed by atoms with Crippen molar-refractivity contribution in [3.8, 4) is 11.5 Å². The van der Waals surface area contributed by atoms with Crippen LogP contribution < -0.4 is 4.74 Å². The second-order valence-corrected chi connectivity index (χ2v) is 4.51. The summed E-state index contributed by atoms with van der Waals surface area (Å²) in [5.74, 6) is 0.633. The van der Waals surface area contributed by atoms with E-state index in [2.05, 4.69) is 10.1 Å². The van der Waals surface area contributed by atoms with Gasteiger partial charge < -0.3 is 9.84 Å². The molecule has 0 spiro atoms. The molecule has 1 fully saturated rings. The van der Waals surface area contributed by atoms with Crippen LogP contribution in [0.3, 0.4) is 0 Å². The molecule has 1 aromatic carbocycles. The third-order valence-electron chi connectivity index (χ3n) is 3.19. The van der Waals surface area contributed by atoms with Gasteiger partial charge in [-0.2, -0.15) is 5.10 Å². The first-order valence-electron chi connectivity index (χ1n) is 6.46. The quantitative estimate of drug-likeness (QED) is 0.836. The Kier molecular flexibility index (Phi) is 4.45. The van der Waals surface area contributed by atoms with Crippen molar-refractivity contribution in [2.45, 2.75) is 25.7 Å². The van der Waals surface area contributed by atoms with Crippen LogP contribution in [-0.4, -0.2) is 36.5 Å². The number of hydrogen-bond donors (Lipinski definition) is 1. The summed E-state index contributed by atoms with van der Waals surface area (Å²) in [6.45, 7) is 2.00. The number of hydrogen-bond acceptors (Lipinski definition) is 4. The van der Waals surface area contributed by atoms with Gasteiger partial charge in [0.15, 0.2) is 11.5 Å². The van der Waals surface area contributed by atoms with Crippen molar-refractivity contribution in [2.75, 3.05) is 20.2 Å². The van der Waals surface area contributed by atoms with Crippen LogP contribution in [0.25, 0.3) is 0 Å². The maximum Gasteiger partial charge on any atom is 0.166 e. The zero-order valence-electron chi connectivity index (χ0n) is 10.8. The summed E-state index contributed by atoms with van der Waals surface area (Å²) in [4.78, 5) is 0. The minimum atomic E-state index is 0.151. The molecule has 1 N–H and O–H groups in total. The van der Waals surface area contributed by atoms with E-state index in [1.54, 1.807) is 19.4 Å². The first-order valence-corrected chi connectivity index (χ1v) is 6.46. The standard InChI is InChI=1S/C14H20N2O2/c1-18-13-8-6-7-12(14(13)17)11-15-16-9-4-2-3-5-10-16/h6-8,11,17H,2-5,9-10H2,1H3. The highest BCUT2D eigenvalue weighted by Crippen LogP contribution is 2.28. The van der Waals surface area contributed by atoms with Gasteiger partial charge in [0.25, 0.3) is 0 Å². The van der Waals surface area contributed by atoms with E-state index in [1.165, 1.54) is 25.7 Å². The van der Waals surface area contributed by atoms with Gasteiger partial charge in [-0.3, -0.25) is 5.01 Å². The molecule has 1 saturated heterocycles. The molecule has 0 saturated carbocycles. The highest BCUT2D eigenvalue weighted by molar-refractivity contribution is 5.84. The minimum Gasteiger partial charge on any atom is -0.504 e. The smallest absolute Gasteiger partial charge is 0.166 e. The summed E-state index contributed by atoms with van der Waals surface area (Å²) in [7, 11) is 1.55. The lowest BCUT2D eigenvalue weighted by molar-refractivity contribution is 0.302. The Labute approximate surface area is 108 Å². The number of phenolic OH excluding ortho intramolecular Hbond substituents is 1. The highest BCUT2D eigenvalue weighted by atomic mass is 16.5. The fourth-order valence-electron chi connectivity index (χ4n) is 2.12. The van der Waals surface area contributed by atoms with E-state index in [1.807, 2.05) is 12.1 Å². The zero-order chi connectivity index (χ0) is 12.8. The van der Waals surface area contributed by atoms with Crippen LogP contribution >= 0.6 is 0 Å². The summed E-state index contributed by atoms with van der Waals surface area (Å²) >= 11 is 0. The predicted molar refractivity (Wildman–Crippen MR) is 72.3 cm³/mol. The lowest BCUT2D eigenvalue weighted by Crippen LogP contribution is -2.18. The average Bonchev–Trinajstić information content (AvgIpc) is 2.66. The van der Waals surface area contributed by atoms with E-state index in [-0.39, 0.29) is 5.75 Å². The van der Waals surface area contributed by atoms with Crippen LogP contribution in [0.5, 0.6) is 11.5 Å². The average molecular weight is 248 g/mol. The van der Waals surface area contributed by atoms with Crippen LogP contribution in [0, 0.1) is 0 Å². The summed E-state index contributed by atoms with van der Waals surface area (Å²) < 4.78 is 5.07. The number of ether oxygens (including phenoxy) is 1. The number of hydrazone groups is 1. The van der Waals surface area contributed by atoms with Gasteiger partial charge in [-0.15, -0.1) is 0 Å². The number of rotatable bonds is 3. The molecule has 1 aromatic rings. The molecule has 0 aliphatic carbocycles. The Bertz CT molecular complexity index is 410. The largest absolute Gasteiger partial charge is 0.504 e. The number of aromatic hydroxyl groups is 1. The number of nitrogens with zero attached hydrogens (tertiary/aromatic N) is 2. The van der Waals surface area contributed by atoms with Crippen LogP contribution in [0.1, 0.15) is 31.2 Å². The Hall–Kier alpha value is -1.71. The fourth-order valence-corrected chi connectivity index (χ4v) is 2.12. The van der Waals surface area contributed by atoms with Crippen molar-refractivity contribution in [2.24, 2.45) is 5.10 Å². The lowest BCUT2D eigenvalue weighted by atomic mass is 10.2. The molecule has 0 radical (unpaired) electrons. The van der Waals surface area contributed by atoms with E-state index >= 15 is 0 Å². The van der Waals surface area contributed by atoms with Crippen molar-refractivity contribution < 1.29 is 9.84 Å². The lowest BCUT2D eigenvalue weighted by Gasteiger charge is -2.15. The van der Waals surface area contributed by atoms with Crippen LogP contribution in [0.2, 0.25) is 0 Å². The molecule has 18 heavy (non-hydrogen) atoms. The molecule has 4 nitrogen and oxygen atoms in total. The summed E-state index contributed by atoms with van der Waals surface area (Å²) in [6.07, 6.45) is 6.68. The molecule has 98 valence electrons. The number of para-hydroxylation sites is 1. The summed E-state index contributed by atoms with van der Waals surface area (Å²) in [6, 6.07) is 5.42. The Balaban J connectivity index is 2.07. The maximum atomic E-state index is 9.94. The van der Waals surface area contributed by atoms with E-state index < -0.39 is 0 Å². The van der Waals surface area contributed by atoms with Crippen molar-refractivity contribution in [3.05, 3.63) is 23.8 Å². The SMILES string of the molecule is COc1cccc(C=NN2CCCCCC2)c1O. The second-order valence-electron chi connectivity index (χ2n) is 4.51. The Morgan fingerprint density at radius 1 is 1.22 bits per heavy atom. The number of benzene rings is 1. The van der Waals surface area contributed by atoms with Crippen molar-refractivity contribution >= 4 is 6.21 Å². The second kappa shape index (κ2) is 6.28. The minimum absolute atomic E-state index is 0.151. The molecule has 1 aliphatic heterocycles. The van der Waals surface area contributed by atoms with Gasteiger partial charge >= 0.3 is 0 Å². The summed E-state index contributed by atoms with van der Waals surface area (Å²) in [5, 5.41) is 16.5. The molecular weight excluding hydrogens is 228 g/mol. The van der Waals surface area contributed by atoms with Crippen molar-refractivity contribution in [1.29, 1.82) is 0 Å².